The van der Waals surface area contributed by atoms with E-state index in [1.165, 1.54) is 16.8 Å². The predicted molar refractivity (Wildman–Crippen MR) is 125 cm³/mol. The Bertz CT molecular complexity index is 1060. The van der Waals surface area contributed by atoms with Crippen LogP contribution in [0, 0.1) is 0 Å². The van der Waals surface area contributed by atoms with Crippen LogP contribution in [0.5, 0.6) is 0 Å². The molecule has 1 aliphatic heterocycles. The Hall–Kier alpha value is -3.42. The number of rotatable bonds is 10. The summed E-state index contributed by atoms with van der Waals surface area (Å²) in [6.45, 7) is 7.82. The molecule has 0 radical (unpaired) electrons. The highest BCUT2D eigenvalue weighted by Crippen LogP contribution is 2.46. The molecule has 1 amide bonds. The SMILES string of the molecule is C=CCN(C(=O)OCc1ccccc1)c1cnc2n(c1=O)[C@H](C(=O)O)CC2(CCC)CCC. The molecule has 3 rings (SSSR count). The van der Waals surface area contributed by atoms with Gasteiger partial charge in [-0.1, -0.05) is 63.1 Å². The molecule has 0 aliphatic carbocycles. The summed E-state index contributed by atoms with van der Waals surface area (Å²) in [5, 5.41) is 9.90. The third kappa shape index (κ3) is 4.84. The molecule has 2 aromatic rings. The number of carboxylic acids is 1. The number of carboxylic acid groups (broad SMARTS) is 1. The number of fused-ring (bicyclic) bond motifs is 1. The Kier molecular flexibility index (Phi) is 7.68. The van der Waals surface area contributed by atoms with E-state index in [2.05, 4.69) is 11.6 Å². The molecule has 1 aliphatic rings. The molecular formula is C25H31N3O5. The minimum atomic E-state index is -1.08. The van der Waals surface area contributed by atoms with Crippen LogP contribution in [-0.2, 0) is 21.6 Å². The first-order chi connectivity index (χ1) is 15.9. The van der Waals surface area contributed by atoms with Gasteiger partial charge in [0.2, 0.25) is 0 Å². The minimum absolute atomic E-state index is 0.0215. The summed E-state index contributed by atoms with van der Waals surface area (Å²) < 4.78 is 6.68. The van der Waals surface area contributed by atoms with Crippen molar-refractivity contribution in [2.45, 2.75) is 64.0 Å². The fourth-order valence-electron chi connectivity index (χ4n) is 4.78. The third-order valence-electron chi connectivity index (χ3n) is 6.12. The number of benzene rings is 1. The van der Waals surface area contributed by atoms with E-state index in [1.807, 2.05) is 44.2 Å². The van der Waals surface area contributed by atoms with Crippen LogP contribution in [-0.4, -0.2) is 33.3 Å². The topological polar surface area (TPSA) is 102 Å². The summed E-state index contributed by atoms with van der Waals surface area (Å²) in [4.78, 5) is 44.2. The molecule has 1 atom stereocenters. The zero-order chi connectivity index (χ0) is 24.0. The molecule has 176 valence electrons. The molecule has 0 spiro atoms. The van der Waals surface area contributed by atoms with Gasteiger partial charge in [-0.15, -0.1) is 6.58 Å². The number of hydrogen-bond donors (Lipinski definition) is 1. The van der Waals surface area contributed by atoms with Gasteiger partial charge in [-0.3, -0.25) is 14.3 Å². The monoisotopic (exact) mass is 453 g/mol. The fourth-order valence-corrected chi connectivity index (χ4v) is 4.78. The van der Waals surface area contributed by atoms with Crippen LogP contribution in [0.15, 0.2) is 54.0 Å². The molecular weight excluding hydrogens is 422 g/mol. The normalized spacial score (nSPS) is 16.1. The van der Waals surface area contributed by atoms with E-state index in [1.54, 1.807) is 0 Å². The van der Waals surface area contributed by atoms with Crippen molar-refractivity contribution < 1.29 is 19.4 Å². The smallest absolute Gasteiger partial charge is 0.415 e. The van der Waals surface area contributed by atoms with Gasteiger partial charge in [0.25, 0.3) is 5.56 Å². The second-order valence-electron chi connectivity index (χ2n) is 8.42. The highest BCUT2D eigenvalue weighted by atomic mass is 16.6. The molecule has 8 nitrogen and oxygen atoms in total. The predicted octanol–water partition coefficient (Wildman–Crippen LogP) is 4.44. The molecule has 0 saturated carbocycles. The molecule has 0 bridgehead atoms. The largest absolute Gasteiger partial charge is 0.480 e. The van der Waals surface area contributed by atoms with Gasteiger partial charge in [0, 0.05) is 12.0 Å². The van der Waals surface area contributed by atoms with Gasteiger partial charge in [-0.25, -0.2) is 14.6 Å². The van der Waals surface area contributed by atoms with Gasteiger partial charge in [-0.05, 0) is 24.8 Å². The number of anilines is 1. The third-order valence-corrected chi connectivity index (χ3v) is 6.12. The van der Waals surface area contributed by atoms with E-state index in [4.69, 9.17) is 4.74 Å². The number of hydrogen-bond acceptors (Lipinski definition) is 5. The van der Waals surface area contributed by atoms with Crippen molar-refractivity contribution >= 4 is 17.7 Å². The Morgan fingerprint density at radius 1 is 1.27 bits per heavy atom. The summed E-state index contributed by atoms with van der Waals surface area (Å²) >= 11 is 0. The second kappa shape index (κ2) is 10.5. The van der Waals surface area contributed by atoms with E-state index in [-0.39, 0.29) is 18.8 Å². The number of nitrogens with zero attached hydrogens (tertiary/aromatic N) is 3. The van der Waals surface area contributed by atoms with Gasteiger partial charge < -0.3 is 9.84 Å². The Labute approximate surface area is 193 Å². The van der Waals surface area contributed by atoms with E-state index < -0.39 is 29.1 Å². The minimum Gasteiger partial charge on any atom is -0.480 e. The first-order valence-electron chi connectivity index (χ1n) is 11.3. The molecule has 2 heterocycles. The number of carbonyl (C=O) groups is 2. The van der Waals surface area contributed by atoms with Gasteiger partial charge in [0.1, 0.15) is 24.2 Å². The molecule has 0 fully saturated rings. The molecule has 1 N–H and O–H groups in total. The summed E-state index contributed by atoms with van der Waals surface area (Å²) in [5.74, 6) is -0.586. The summed E-state index contributed by atoms with van der Waals surface area (Å²) in [6.07, 6.45) is 5.61. The van der Waals surface area contributed by atoms with E-state index in [9.17, 15) is 19.5 Å². The lowest BCUT2D eigenvalue weighted by Gasteiger charge is -2.28. The van der Waals surface area contributed by atoms with Crippen molar-refractivity contribution in [3.8, 4) is 0 Å². The summed E-state index contributed by atoms with van der Waals surface area (Å²) in [6, 6.07) is 8.18. The van der Waals surface area contributed by atoms with Crippen LogP contribution in [0.4, 0.5) is 10.5 Å². The van der Waals surface area contributed by atoms with Crippen LogP contribution >= 0.6 is 0 Å². The quantitative estimate of drug-likeness (QED) is 0.534. The van der Waals surface area contributed by atoms with Gasteiger partial charge in [-0.2, -0.15) is 0 Å². The van der Waals surface area contributed by atoms with E-state index >= 15 is 0 Å². The molecule has 0 unspecified atom stereocenters. The average molecular weight is 454 g/mol. The average Bonchev–Trinajstić information content (AvgIpc) is 3.13. The lowest BCUT2D eigenvalue weighted by molar-refractivity contribution is -0.141. The van der Waals surface area contributed by atoms with E-state index in [0.29, 0.717) is 12.2 Å². The number of aromatic nitrogens is 2. The number of ether oxygens (including phenoxy) is 1. The van der Waals surface area contributed by atoms with Crippen molar-refractivity contribution in [3.05, 3.63) is 70.9 Å². The van der Waals surface area contributed by atoms with Crippen molar-refractivity contribution in [2.24, 2.45) is 0 Å². The Balaban J connectivity index is 2.01. The number of carbonyl (C=O) groups excluding carboxylic acids is 1. The lowest BCUT2D eigenvalue weighted by Crippen LogP contribution is -2.39. The highest BCUT2D eigenvalue weighted by Gasteiger charge is 2.48. The zero-order valence-electron chi connectivity index (χ0n) is 19.2. The molecule has 33 heavy (non-hydrogen) atoms. The zero-order valence-corrected chi connectivity index (χ0v) is 19.2. The molecule has 0 saturated heterocycles. The molecule has 1 aromatic heterocycles. The summed E-state index contributed by atoms with van der Waals surface area (Å²) in [5.41, 5.74) is -0.240. The number of aliphatic carboxylic acids is 1. The first-order valence-corrected chi connectivity index (χ1v) is 11.3. The van der Waals surface area contributed by atoms with E-state index in [0.717, 1.165) is 36.1 Å². The van der Waals surface area contributed by atoms with Crippen molar-refractivity contribution in [1.29, 1.82) is 0 Å². The number of amides is 1. The standard InChI is InChI=1S/C25H31N3O5/c1-4-12-25(13-5-2)15-19(22(30)31)28-21(29)20(16-26-23(25)28)27(14-6-3)24(32)33-17-18-10-8-7-9-11-18/h6-11,16,19H,3-5,12-15,17H2,1-2H3,(H,30,31)/t19-/m0/s1. The fraction of sp³-hybridized carbons (Fsp3) is 0.440. The highest BCUT2D eigenvalue weighted by molar-refractivity contribution is 5.87. The molecule has 1 aromatic carbocycles. The van der Waals surface area contributed by atoms with Gasteiger partial charge in [0.15, 0.2) is 0 Å². The van der Waals surface area contributed by atoms with Crippen molar-refractivity contribution in [3.63, 3.8) is 0 Å². The van der Waals surface area contributed by atoms with Crippen LogP contribution in [0.1, 0.15) is 63.4 Å². The first kappa shape index (κ1) is 24.2. The van der Waals surface area contributed by atoms with Crippen LogP contribution < -0.4 is 10.5 Å². The second-order valence-corrected chi connectivity index (χ2v) is 8.42. The maximum Gasteiger partial charge on any atom is 0.415 e. The Morgan fingerprint density at radius 3 is 2.52 bits per heavy atom. The van der Waals surface area contributed by atoms with Crippen molar-refractivity contribution in [2.75, 3.05) is 11.4 Å². The molecule has 8 heteroatoms. The van der Waals surface area contributed by atoms with Crippen molar-refractivity contribution in [1.82, 2.24) is 9.55 Å². The van der Waals surface area contributed by atoms with Crippen LogP contribution in [0.3, 0.4) is 0 Å². The lowest BCUT2D eigenvalue weighted by atomic mass is 9.76. The van der Waals surface area contributed by atoms with Crippen LogP contribution in [0.25, 0.3) is 0 Å². The van der Waals surface area contributed by atoms with Crippen LogP contribution in [0.2, 0.25) is 0 Å². The Morgan fingerprint density at radius 2 is 1.94 bits per heavy atom. The maximum absolute atomic E-state index is 13.5. The van der Waals surface area contributed by atoms with Gasteiger partial charge >= 0.3 is 12.1 Å². The van der Waals surface area contributed by atoms with Gasteiger partial charge in [0.05, 0.1) is 6.20 Å². The summed E-state index contributed by atoms with van der Waals surface area (Å²) in [7, 11) is 0. The maximum atomic E-state index is 13.5.